The lowest BCUT2D eigenvalue weighted by Gasteiger charge is -2.14. The van der Waals surface area contributed by atoms with Crippen LogP contribution in [0.2, 0.25) is 0 Å². The molecule has 0 heterocycles. The maximum Gasteiger partial charge on any atom is 0.121 e. The summed E-state index contributed by atoms with van der Waals surface area (Å²) in [6.45, 7) is 3.05. The van der Waals surface area contributed by atoms with Crippen molar-refractivity contribution in [2.24, 2.45) is 5.92 Å². The van der Waals surface area contributed by atoms with Gasteiger partial charge in [-0.1, -0.05) is 6.92 Å². The fourth-order valence-electron chi connectivity index (χ4n) is 1.52. The van der Waals surface area contributed by atoms with E-state index in [0.717, 1.165) is 23.7 Å². The molecule has 1 aromatic carbocycles. The van der Waals surface area contributed by atoms with E-state index in [-0.39, 0.29) is 0 Å². The van der Waals surface area contributed by atoms with Gasteiger partial charge in [-0.3, -0.25) is 0 Å². The number of benzene rings is 1. The van der Waals surface area contributed by atoms with Crippen LogP contribution in [0.5, 0.6) is 5.75 Å². The number of hydrogen-bond donors (Lipinski definition) is 1. The quantitative estimate of drug-likeness (QED) is 0.843. The van der Waals surface area contributed by atoms with Crippen LogP contribution < -0.4 is 10.1 Å². The zero-order chi connectivity index (χ0) is 12.7. The number of ether oxygens (including phenoxy) is 1. The topological polar surface area (TPSA) is 45.0 Å². The lowest BCUT2D eigenvalue weighted by atomic mass is 10.1. The van der Waals surface area contributed by atoms with Gasteiger partial charge in [-0.15, -0.1) is 0 Å². The van der Waals surface area contributed by atoms with Gasteiger partial charge in [0.05, 0.1) is 18.4 Å². The zero-order valence-corrected chi connectivity index (χ0v) is 11.3. The van der Waals surface area contributed by atoms with Gasteiger partial charge < -0.3 is 10.1 Å². The number of nitrogens with one attached hydrogen (secondary N) is 1. The van der Waals surface area contributed by atoms with Crippen molar-refractivity contribution in [2.75, 3.05) is 31.0 Å². The smallest absolute Gasteiger partial charge is 0.121 e. The van der Waals surface area contributed by atoms with Crippen molar-refractivity contribution in [1.82, 2.24) is 0 Å². The van der Waals surface area contributed by atoms with Gasteiger partial charge in [0.25, 0.3) is 0 Å². The van der Waals surface area contributed by atoms with Gasteiger partial charge in [0.1, 0.15) is 11.8 Å². The number of rotatable bonds is 6. The molecule has 0 spiro atoms. The summed E-state index contributed by atoms with van der Waals surface area (Å²) in [7, 11) is 1.63. The molecule has 0 radical (unpaired) electrons. The molecule has 17 heavy (non-hydrogen) atoms. The maximum atomic E-state index is 9.02. The number of hydrogen-bond acceptors (Lipinski definition) is 4. The maximum absolute atomic E-state index is 9.02. The Kier molecular flexibility index (Phi) is 5.71. The highest BCUT2D eigenvalue weighted by Gasteiger charge is 2.06. The lowest BCUT2D eigenvalue weighted by molar-refractivity contribution is 0.415. The second kappa shape index (κ2) is 7.08. The largest absolute Gasteiger partial charge is 0.497 e. The van der Waals surface area contributed by atoms with E-state index in [4.69, 9.17) is 10.00 Å². The van der Waals surface area contributed by atoms with Gasteiger partial charge in [-0.25, -0.2) is 0 Å². The van der Waals surface area contributed by atoms with Crippen molar-refractivity contribution >= 4 is 17.4 Å². The molecular formula is C13H18N2OS. The van der Waals surface area contributed by atoms with Crippen molar-refractivity contribution in [3.8, 4) is 11.8 Å². The fraction of sp³-hybridized carbons (Fsp3) is 0.462. The standard InChI is InChI=1S/C13H18N2OS/c1-10(9-17-3)8-15-13-6-12(16-2)5-4-11(13)7-14/h4-6,10,15H,8-9H2,1-3H3. The van der Waals surface area contributed by atoms with Gasteiger partial charge in [-0.05, 0) is 30.1 Å². The molecular weight excluding hydrogens is 232 g/mol. The number of nitriles is 1. The van der Waals surface area contributed by atoms with Crippen LogP contribution in [0, 0.1) is 17.2 Å². The SMILES string of the molecule is COc1ccc(C#N)c(NCC(C)CSC)c1. The first-order chi connectivity index (χ1) is 8.21. The molecule has 0 saturated heterocycles. The minimum absolute atomic E-state index is 0.572. The molecule has 0 bridgehead atoms. The summed E-state index contributed by atoms with van der Waals surface area (Å²) in [5.41, 5.74) is 1.50. The normalized spacial score (nSPS) is 11.6. The first-order valence-corrected chi connectivity index (χ1v) is 6.91. The second-order valence-electron chi connectivity index (χ2n) is 3.96. The zero-order valence-electron chi connectivity index (χ0n) is 10.5. The van der Waals surface area contributed by atoms with Crippen LogP contribution in [0.15, 0.2) is 18.2 Å². The van der Waals surface area contributed by atoms with Crippen molar-refractivity contribution in [3.05, 3.63) is 23.8 Å². The summed E-state index contributed by atoms with van der Waals surface area (Å²) in [6, 6.07) is 7.62. The van der Waals surface area contributed by atoms with Gasteiger partial charge in [0.2, 0.25) is 0 Å². The number of methoxy groups -OCH3 is 1. The van der Waals surface area contributed by atoms with E-state index >= 15 is 0 Å². The third-order valence-electron chi connectivity index (χ3n) is 2.44. The van der Waals surface area contributed by atoms with Gasteiger partial charge >= 0.3 is 0 Å². The van der Waals surface area contributed by atoms with Crippen LogP contribution in [0.4, 0.5) is 5.69 Å². The molecule has 0 fully saturated rings. The molecule has 1 aromatic rings. The molecule has 0 aliphatic rings. The van der Waals surface area contributed by atoms with E-state index in [1.165, 1.54) is 0 Å². The predicted molar refractivity (Wildman–Crippen MR) is 73.7 cm³/mol. The Morgan fingerprint density at radius 3 is 2.88 bits per heavy atom. The summed E-state index contributed by atoms with van der Waals surface area (Å²) in [5.74, 6) is 2.45. The van der Waals surface area contributed by atoms with E-state index in [1.54, 1.807) is 19.2 Å². The summed E-state index contributed by atoms with van der Waals surface area (Å²) < 4.78 is 5.16. The molecule has 0 saturated carbocycles. The highest BCUT2D eigenvalue weighted by molar-refractivity contribution is 7.98. The van der Waals surface area contributed by atoms with Crippen molar-refractivity contribution < 1.29 is 4.74 Å². The number of thioether (sulfide) groups is 1. The Morgan fingerprint density at radius 1 is 1.53 bits per heavy atom. The van der Waals surface area contributed by atoms with Crippen LogP contribution in [0.25, 0.3) is 0 Å². The highest BCUT2D eigenvalue weighted by Crippen LogP contribution is 2.22. The predicted octanol–water partition coefficient (Wildman–Crippen LogP) is 2.98. The summed E-state index contributed by atoms with van der Waals surface area (Å²) in [4.78, 5) is 0. The number of nitrogens with zero attached hydrogens (tertiary/aromatic N) is 1. The van der Waals surface area contributed by atoms with Crippen molar-refractivity contribution in [1.29, 1.82) is 5.26 Å². The van der Waals surface area contributed by atoms with E-state index in [2.05, 4.69) is 24.6 Å². The first kappa shape index (κ1) is 13.7. The highest BCUT2D eigenvalue weighted by atomic mass is 32.2. The average Bonchev–Trinajstić information content (AvgIpc) is 2.36. The van der Waals surface area contributed by atoms with Crippen LogP contribution in [0.3, 0.4) is 0 Å². The van der Waals surface area contributed by atoms with E-state index < -0.39 is 0 Å². The molecule has 0 aromatic heterocycles. The molecule has 0 aliphatic heterocycles. The van der Waals surface area contributed by atoms with Crippen LogP contribution >= 0.6 is 11.8 Å². The van der Waals surface area contributed by atoms with Gasteiger partial charge in [-0.2, -0.15) is 17.0 Å². The Bertz CT molecular complexity index is 401. The molecule has 1 unspecified atom stereocenters. The fourth-order valence-corrected chi connectivity index (χ4v) is 2.21. The van der Waals surface area contributed by atoms with Crippen LogP contribution in [0.1, 0.15) is 12.5 Å². The van der Waals surface area contributed by atoms with Crippen LogP contribution in [-0.4, -0.2) is 25.7 Å². The third-order valence-corrected chi connectivity index (χ3v) is 3.34. The Hall–Kier alpha value is -1.34. The second-order valence-corrected chi connectivity index (χ2v) is 4.88. The molecule has 0 aliphatic carbocycles. The lowest BCUT2D eigenvalue weighted by Crippen LogP contribution is -2.14. The number of anilines is 1. The third kappa shape index (κ3) is 4.20. The minimum atomic E-state index is 0.572. The Morgan fingerprint density at radius 2 is 2.29 bits per heavy atom. The monoisotopic (exact) mass is 250 g/mol. The molecule has 1 atom stereocenters. The molecule has 1 N–H and O–H groups in total. The Labute approximate surface area is 107 Å². The van der Waals surface area contributed by atoms with Crippen molar-refractivity contribution in [2.45, 2.75) is 6.92 Å². The molecule has 0 amide bonds. The average molecular weight is 250 g/mol. The molecule has 1 rings (SSSR count). The van der Waals surface area contributed by atoms with E-state index in [0.29, 0.717) is 11.5 Å². The minimum Gasteiger partial charge on any atom is -0.497 e. The molecule has 3 nitrogen and oxygen atoms in total. The Balaban J connectivity index is 2.71. The van der Waals surface area contributed by atoms with Gasteiger partial charge in [0.15, 0.2) is 0 Å². The van der Waals surface area contributed by atoms with Crippen LogP contribution in [-0.2, 0) is 0 Å². The first-order valence-electron chi connectivity index (χ1n) is 5.52. The molecule has 92 valence electrons. The van der Waals surface area contributed by atoms with Gasteiger partial charge in [0, 0.05) is 12.6 Å². The van der Waals surface area contributed by atoms with Crippen molar-refractivity contribution in [3.63, 3.8) is 0 Å². The molecule has 4 heteroatoms. The van der Waals surface area contributed by atoms with E-state index in [9.17, 15) is 0 Å². The summed E-state index contributed by atoms with van der Waals surface area (Å²) in [5, 5.41) is 12.3. The summed E-state index contributed by atoms with van der Waals surface area (Å²) >= 11 is 1.83. The van der Waals surface area contributed by atoms with E-state index in [1.807, 2.05) is 17.8 Å². The summed E-state index contributed by atoms with van der Waals surface area (Å²) in [6.07, 6.45) is 2.10.